The van der Waals surface area contributed by atoms with Gasteiger partial charge in [0, 0.05) is 17.9 Å². The quantitative estimate of drug-likeness (QED) is 0.695. The Labute approximate surface area is 80.7 Å². The zero-order valence-corrected chi connectivity index (χ0v) is 8.97. The Morgan fingerprint density at radius 2 is 2.15 bits per heavy atom. The van der Waals surface area contributed by atoms with Gasteiger partial charge in [0.2, 0.25) is 0 Å². The largest absolute Gasteiger partial charge is 0.480 e. The van der Waals surface area contributed by atoms with Crippen molar-refractivity contribution in [1.29, 1.82) is 0 Å². The predicted octanol–water partition coefficient (Wildman–Crippen LogP) is 0.633. The number of methoxy groups -OCH3 is 1. The minimum atomic E-state index is -1.34. The molecule has 0 rings (SSSR count). The highest BCUT2D eigenvalue weighted by Crippen LogP contribution is 2.05. The van der Waals surface area contributed by atoms with Crippen LogP contribution in [-0.2, 0) is 20.3 Å². The van der Waals surface area contributed by atoms with Crippen molar-refractivity contribution in [3.8, 4) is 0 Å². The molecule has 0 aromatic carbocycles. The molecule has 0 fully saturated rings. The Morgan fingerprint density at radius 1 is 1.62 bits per heavy atom. The fraction of sp³-hybridized carbons (Fsp3) is 0.875. The average Bonchev–Trinajstić information content (AvgIpc) is 2.04. The van der Waals surface area contributed by atoms with Crippen molar-refractivity contribution in [2.75, 3.05) is 12.9 Å². The molecule has 0 aliphatic rings. The van der Waals surface area contributed by atoms with E-state index in [9.17, 15) is 9.00 Å². The van der Waals surface area contributed by atoms with E-state index >= 15 is 0 Å². The van der Waals surface area contributed by atoms with Crippen molar-refractivity contribution in [1.82, 2.24) is 0 Å². The van der Waals surface area contributed by atoms with Gasteiger partial charge in [0.1, 0.15) is 5.25 Å². The van der Waals surface area contributed by atoms with Crippen LogP contribution in [0.4, 0.5) is 0 Å². The van der Waals surface area contributed by atoms with Gasteiger partial charge in [0.15, 0.2) is 0 Å². The molecule has 5 heteroatoms. The predicted molar refractivity (Wildman–Crippen MR) is 51.2 cm³/mol. The molecule has 0 aromatic heterocycles. The van der Waals surface area contributed by atoms with Gasteiger partial charge in [-0.2, -0.15) is 0 Å². The summed E-state index contributed by atoms with van der Waals surface area (Å²) < 4.78 is 16.3. The minimum Gasteiger partial charge on any atom is -0.480 e. The first-order valence-electron chi connectivity index (χ1n) is 4.15. The molecule has 0 amide bonds. The zero-order chi connectivity index (χ0) is 10.4. The molecular formula is C8H16O4S. The molecule has 4 nitrogen and oxygen atoms in total. The lowest BCUT2D eigenvalue weighted by Gasteiger charge is -2.13. The van der Waals surface area contributed by atoms with E-state index in [1.807, 2.05) is 0 Å². The molecule has 3 atom stereocenters. The first-order valence-corrected chi connectivity index (χ1v) is 5.53. The lowest BCUT2D eigenvalue weighted by Crippen LogP contribution is -2.30. The Bertz CT molecular complexity index is 193. The van der Waals surface area contributed by atoms with Gasteiger partial charge < -0.3 is 9.84 Å². The molecule has 0 spiro atoms. The number of carboxylic acid groups (broad SMARTS) is 1. The lowest BCUT2D eigenvalue weighted by atomic mass is 10.3. The van der Waals surface area contributed by atoms with Gasteiger partial charge in [-0.3, -0.25) is 9.00 Å². The van der Waals surface area contributed by atoms with Gasteiger partial charge in [-0.1, -0.05) is 6.92 Å². The van der Waals surface area contributed by atoms with Crippen molar-refractivity contribution in [2.24, 2.45) is 0 Å². The van der Waals surface area contributed by atoms with Gasteiger partial charge in [-0.05, 0) is 13.3 Å². The third-order valence-corrected chi connectivity index (χ3v) is 3.73. The topological polar surface area (TPSA) is 63.6 Å². The fourth-order valence-electron chi connectivity index (χ4n) is 0.888. The molecule has 0 aromatic rings. The van der Waals surface area contributed by atoms with Crippen LogP contribution >= 0.6 is 0 Å². The van der Waals surface area contributed by atoms with Crippen LogP contribution in [0, 0.1) is 0 Å². The molecule has 0 saturated carbocycles. The van der Waals surface area contributed by atoms with Crippen LogP contribution in [0.15, 0.2) is 0 Å². The van der Waals surface area contributed by atoms with Crippen molar-refractivity contribution in [3.05, 3.63) is 0 Å². The number of carbonyl (C=O) groups is 1. The van der Waals surface area contributed by atoms with Crippen LogP contribution in [0.3, 0.4) is 0 Å². The Kier molecular flexibility index (Phi) is 5.90. The highest BCUT2D eigenvalue weighted by molar-refractivity contribution is 7.86. The van der Waals surface area contributed by atoms with Crippen LogP contribution in [0.1, 0.15) is 20.3 Å². The molecular weight excluding hydrogens is 192 g/mol. The molecule has 0 heterocycles. The molecule has 0 aliphatic carbocycles. The normalized spacial score (nSPS) is 17.8. The molecule has 0 aliphatic heterocycles. The van der Waals surface area contributed by atoms with E-state index in [0.717, 1.165) is 0 Å². The van der Waals surface area contributed by atoms with Gasteiger partial charge >= 0.3 is 5.97 Å². The summed E-state index contributed by atoms with van der Waals surface area (Å²) in [6, 6.07) is 0. The second kappa shape index (κ2) is 6.10. The lowest BCUT2D eigenvalue weighted by molar-refractivity contribution is -0.136. The summed E-state index contributed by atoms with van der Waals surface area (Å²) in [7, 11) is 0.175. The van der Waals surface area contributed by atoms with Crippen LogP contribution in [0.5, 0.6) is 0 Å². The second-order valence-corrected chi connectivity index (χ2v) is 4.49. The maximum Gasteiger partial charge on any atom is 0.319 e. The second-order valence-electron chi connectivity index (χ2n) is 2.83. The summed E-state index contributed by atoms with van der Waals surface area (Å²) in [5.41, 5.74) is 0. The SMILES string of the molecule is CCC(C(=O)O)S(=O)CC(C)OC. The molecule has 13 heavy (non-hydrogen) atoms. The number of carboxylic acids is 1. The van der Waals surface area contributed by atoms with E-state index in [2.05, 4.69) is 0 Å². The third-order valence-electron chi connectivity index (χ3n) is 1.76. The highest BCUT2D eigenvalue weighted by atomic mass is 32.2. The van der Waals surface area contributed by atoms with Gasteiger partial charge in [-0.15, -0.1) is 0 Å². The van der Waals surface area contributed by atoms with E-state index in [-0.39, 0.29) is 11.9 Å². The monoisotopic (exact) mass is 208 g/mol. The number of hydrogen-bond donors (Lipinski definition) is 1. The van der Waals surface area contributed by atoms with Crippen molar-refractivity contribution < 1.29 is 18.8 Å². The number of ether oxygens (including phenoxy) is 1. The van der Waals surface area contributed by atoms with E-state index in [0.29, 0.717) is 6.42 Å². The molecule has 78 valence electrons. The first kappa shape index (κ1) is 12.6. The first-order chi connectivity index (χ1) is 6.02. The zero-order valence-electron chi connectivity index (χ0n) is 8.15. The number of aliphatic carboxylic acids is 1. The number of rotatable bonds is 6. The molecule has 0 saturated heterocycles. The van der Waals surface area contributed by atoms with E-state index < -0.39 is 22.0 Å². The van der Waals surface area contributed by atoms with Crippen molar-refractivity contribution >= 4 is 16.8 Å². The minimum absolute atomic E-state index is 0.158. The van der Waals surface area contributed by atoms with Gasteiger partial charge in [-0.25, -0.2) is 0 Å². The van der Waals surface area contributed by atoms with Crippen LogP contribution < -0.4 is 0 Å². The summed E-state index contributed by atoms with van der Waals surface area (Å²) in [6.45, 7) is 3.49. The molecule has 3 unspecified atom stereocenters. The maximum atomic E-state index is 11.4. The van der Waals surface area contributed by atoms with Gasteiger partial charge in [0.25, 0.3) is 0 Å². The average molecular weight is 208 g/mol. The third kappa shape index (κ3) is 4.38. The maximum absolute atomic E-state index is 11.4. The summed E-state index contributed by atoms with van der Waals surface area (Å²) in [5, 5.41) is 7.93. The molecule has 0 bridgehead atoms. The van der Waals surface area contributed by atoms with E-state index in [1.165, 1.54) is 7.11 Å². The summed E-state index contributed by atoms with van der Waals surface area (Å²) in [4.78, 5) is 10.6. The van der Waals surface area contributed by atoms with E-state index in [4.69, 9.17) is 9.84 Å². The summed E-state index contributed by atoms with van der Waals surface area (Å²) in [6.07, 6.45) is 0.229. The Balaban J connectivity index is 4.14. The summed E-state index contributed by atoms with van der Waals surface area (Å²) >= 11 is 0. The smallest absolute Gasteiger partial charge is 0.319 e. The fourth-order valence-corrected chi connectivity index (χ4v) is 2.32. The number of hydrogen-bond acceptors (Lipinski definition) is 3. The van der Waals surface area contributed by atoms with E-state index in [1.54, 1.807) is 13.8 Å². The van der Waals surface area contributed by atoms with Crippen LogP contribution in [-0.4, -0.2) is 39.5 Å². The highest BCUT2D eigenvalue weighted by Gasteiger charge is 2.23. The van der Waals surface area contributed by atoms with Gasteiger partial charge in [0.05, 0.1) is 11.9 Å². The molecule has 1 N–H and O–H groups in total. The van der Waals surface area contributed by atoms with Crippen molar-refractivity contribution in [2.45, 2.75) is 31.6 Å². The Hall–Kier alpha value is -0.420. The Morgan fingerprint density at radius 3 is 2.46 bits per heavy atom. The van der Waals surface area contributed by atoms with Crippen LogP contribution in [0.2, 0.25) is 0 Å². The molecule has 0 radical (unpaired) electrons. The van der Waals surface area contributed by atoms with Crippen molar-refractivity contribution in [3.63, 3.8) is 0 Å². The van der Waals surface area contributed by atoms with Crippen LogP contribution in [0.25, 0.3) is 0 Å². The standard InChI is InChI=1S/C8H16O4S/c1-4-7(8(9)10)13(11)5-6(2)12-3/h6-7H,4-5H2,1-3H3,(H,9,10). The summed E-state index contributed by atoms with van der Waals surface area (Å²) in [5.74, 6) is -0.717.